The SMILES string of the molecule is COCc1nc2ccccc2n1CC(O)COc1cc(C)cc(C)c1. The van der Waals surface area contributed by atoms with E-state index in [4.69, 9.17) is 9.47 Å². The van der Waals surface area contributed by atoms with Crippen LogP contribution in [0.25, 0.3) is 11.0 Å². The van der Waals surface area contributed by atoms with Gasteiger partial charge in [0.05, 0.1) is 17.6 Å². The highest BCUT2D eigenvalue weighted by atomic mass is 16.5. The van der Waals surface area contributed by atoms with E-state index in [-0.39, 0.29) is 6.61 Å². The summed E-state index contributed by atoms with van der Waals surface area (Å²) < 4.78 is 13.0. The number of fused-ring (bicyclic) bond motifs is 1. The number of benzene rings is 2. The molecule has 0 aliphatic rings. The summed E-state index contributed by atoms with van der Waals surface area (Å²) >= 11 is 0. The summed E-state index contributed by atoms with van der Waals surface area (Å²) in [5.41, 5.74) is 4.18. The van der Waals surface area contributed by atoms with Gasteiger partial charge in [-0.1, -0.05) is 18.2 Å². The maximum absolute atomic E-state index is 10.5. The van der Waals surface area contributed by atoms with Crippen LogP contribution in [0.2, 0.25) is 0 Å². The monoisotopic (exact) mass is 340 g/mol. The van der Waals surface area contributed by atoms with E-state index in [2.05, 4.69) is 11.1 Å². The van der Waals surface area contributed by atoms with Gasteiger partial charge >= 0.3 is 0 Å². The van der Waals surface area contributed by atoms with E-state index in [1.807, 2.05) is 54.8 Å². The third-order valence-electron chi connectivity index (χ3n) is 4.04. The third-order valence-corrected chi connectivity index (χ3v) is 4.04. The minimum atomic E-state index is -0.644. The van der Waals surface area contributed by atoms with Gasteiger partial charge in [-0.2, -0.15) is 0 Å². The average Bonchev–Trinajstić information content (AvgIpc) is 2.90. The highest BCUT2D eigenvalue weighted by molar-refractivity contribution is 5.75. The molecule has 1 atom stereocenters. The first kappa shape index (κ1) is 17.5. The van der Waals surface area contributed by atoms with Crippen LogP contribution in [0.1, 0.15) is 17.0 Å². The molecule has 2 aromatic carbocycles. The number of imidazole rings is 1. The zero-order chi connectivity index (χ0) is 17.8. The van der Waals surface area contributed by atoms with Gasteiger partial charge < -0.3 is 19.1 Å². The Labute approximate surface area is 147 Å². The van der Waals surface area contributed by atoms with Crippen molar-refractivity contribution >= 4 is 11.0 Å². The van der Waals surface area contributed by atoms with E-state index < -0.39 is 6.10 Å². The topological polar surface area (TPSA) is 56.5 Å². The number of nitrogens with zero attached hydrogens (tertiary/aromatic N) is 2. The van der Waals surface area contributed by atoms with Gasteiger partial charge in [-0.05, 0) is 49.2 Å². The van der Waals surface area contributed by atoms with Crippen molar-refractivity contribution in [2.24, 2.45) is 0 Å². The number of aromatic nitrogens is 2. The quantitative estimate of drug-likeness (QED) is 0.717. The first-order chi connectivity index (χ1) is 12.1. The van der Waals surface area contributed by atoms with E-state index in [9.17, 15) is 5.11 Å². The molecule has 5 heteroatoms. The lowest BCUT2D eigenvalue weighted by Gasteiger charge is -2.16. The summed E-state index contributed by atoms with van der Waals surface area (Å²) in [5.74, 6) is 1.58. The van der Waals surface area contributed by atoms with Gasteiger partial charge in [0.15, 0.2) is 0 Å². The number of para-hydroxylation sites is 2. The lowest BCUT2D eigenvalue weighted by molar-refractivity contribution is 0.0901. The summed E-state index contributed by atoms with van der Waals surface area (Å²) in [6, 6.07) is 13.9. The smallest absolute Gasteiger partial charge is 0.136 e. The molecule has 0 spiro atoms. The van der Waals surface area contributed by atoms with Crippen molar-refractivity contribution in [1.82, 2.24) is 9.55 Å². The molecule has 25 heavy (non-hydrogen) atoms. The molecule has 5 nitrogen and oxygen atoms in total. The number of methoxy groups -OCH3 is 1. The van der Waals surface area contributed by atoms with Crippen molar-refractivity contribution in [2.45, 2.75) is 33.1 Å². The minimum Gasteiger partial charge on any atom is -0.491 e. The van der Waals surface area contributed by atoms with Crippen LogP contribution in [-0.4, -0.2) is 34.5 Å². The van der Waals surface area contributed by atoms with E-state index >= 15 is 0 Å². The lowest BCUT2D eigenvalue weighted by Crippen LogP contribution is -2.24. The zero-order valence-electron chi connectivity index (χ0n) is 14.9. The molecule has 0 fully saturated rings. The van der Waals surface area contributed by atoms with Crippen LogP contribution in [0.3, 0.4) is 0 Å². The van der Waals surface area contributed by atoms with Crippen molar-refractivity contribution in [3.8, 4) is 5.75 Å². The maximum Gasteiger partial charge on any atom is 0.136 e. The molecule has 0 saturated carbocycles. The van der Waals surface area contributed by atoms with Crippen molar-refractivity contribution in [2.75, 3.05) is 13.7 Å². The second-order valence-electron chi connectivity index (χ2n) is 6.35. The maximum atomic E-state index is 10.5. The average molecular weight is 340 g/mol. The Hall–Kier alpha value is -2.37. The van der Waals surface area contributed by atoms with Crippen LogP contribution >= 0.6 is 0 Å². The Balaban J connectivity index is 1.73. The Morgan fingerprint density at radius 3 is 2.56 bits per heavy atom. The highest BCUT2D eigenvalue weighted by Crippen LogP contribution is 2.19. The normalized spacial score (nSPS) is 12.5. The minimum absolute atomic E-state index is 0.224. The second-order valence-corrected chi connectivity index (χ2v) is 6.35. The van der Waals surface area contributed by atoms with Gasteiger partial charge in [0.25, 0.3) is 0 Å². The molecule has 3 aromatic rings. The fraction of sp³-hybridized carbons (Fsp3) is 0.350. The Morgan fingerprint density at radius 1 is 1.12 bits per heavy atom. The van der Waals surface area contributed by atoms with Gasteiger partial charge in [0.2, 0.25) is 0 Å². The number of aryl methyl sites for hydroxylation is 2. The summed E-state index contributed by atoms with van der Waals surface area (Å²) in [6.07, 6.45) is -0.644. The number of hydrogen-bond donors (Lipinski definition) is 1. The molecule has 3 rings (SSSR count). The van der Waals surface area contributed by atoms with Crippen LogP contribution < -0.4 is 4.74 Å². The molecule has 132 valence electrons. The van der Waals surface area contributed by atoms with Crippen molar-refractivity contribution < 1.29 is 14.6 Å². The molecule has 1 unspecified atom stereocenters. The lowest BCUT2D eigenvalue weighted by atomic mass is 10.1. The molecule has 1 N–H and O–H groups in total. The van der Waals surface area contributed by atoms with Gasteiger partial charge in [-0.3, -0.25) is 0 Å². The summed E-state index contributed by atoms with van der Waals surface area (Å²) in [6.45, 7) is 5.10. The van der Waals surface area contributed by atoms with Gasteiger partial charge in [0.1, 0.15) is 30.9 Å². The number of aliphatic hydroxyl groups is 1. The zero-order valence-corrected chi connectivity index (χ0v) is 14.9. The van der Waals surface area contributed by atoms with Crippen LogP contribution in [0.15, 0.2) is 42.5 Å². The molecule has 0 bridgehead atoms. The molecular formula is C20H24N2O3. The second kappa shape index (κ2) is 7.68. The van der Waals surface area contributed by atoms with E-state index in [1.54, 1.807) is 7.11 Å². The third kappa shape index (κ3) is 4.18. The summed E-state index contributed by atoms with van der Waals surface area (Å²) in [7, 11) is 1.64. The first-order valence-electron chi connectivity index (χ1n) is 8.39. The largest absolute Gasteiger partial charge is 0.491 e. The van der Waals surface area contributed by atoms with Crippen LogP contribution in [0.5, 0.6) is 5.75 Å². The van der Waals surface area contributed by atoms with Gasteiger partial charge in [-0.25, -0.2) is 4.98 Å². The number of ether oxygens (including phenoxy) is 2. The fourth-order valence-electron chi connectivity index (χ4n) is 3.04. The molecular weight excluding hydrogens is 316 g/mol. The van der Waals surface area contributed by atoms with Crippen molar-refractivity contribution in [1.29, 1.82) is 0 Å². The number of rotatable bonds is 7. The van der Waals surface area contributed by atoms with E-state index in [0.717, 1.165) is 33.7 Å². The Bertz CT molecular complexity index is 837. The summed E-state index contributed by atoms with van der Waals surface area (Å²) in [5, 5.41) is 10.5. The molecule has 0 radical (unpaired) electrons. The molecule has 0 amide bonds. The van der Waals surface area contributed by atoms with Crippen LogP contribution in [0, 0.1) is 13.8 Å². The molecule has 0 aliphatic carbocycles. The molecule has 1 heterocycles. The fourth-order valence-corrected chi connectivity index (χ4v) is 3.04. The van der Waals surface area contributed by atoms with Crippen molar-refractivity contribution in [3.63, 3.8) is 0 Å². The van der Waals surface area contributed by atoms with E-state index in [1.165, 1.54) is 0 Å². The predicted molar refractivity (Wildman–Crippen MR) is 97.9 cm³/mol. The first-order valence-corrected chi connectivity index (χ1v) is 8.39. The van der Waals surface area contributed by atoms with Crippen LogP contribution in [-0.2, 0) is 17.9 Å². The Kier molecular flexibility index (Phi) is 5.36. The highest BCUT2D eigenvalue weighted by Gasteiger charge is 2.14. The van der Waals surface area contributed by atoms with Gasteiger partial charge in [-0.15, -0.1) is 0 Å². The van der Waals surface area contributed by atoms with Crippen molar-refractivity contribution in [3.05, 3.63) is 59.4 Å². The predicted octanol–water partition coefficient (Wildman–Crippen LogP) is 3.24. The Morgan fingerprint density at radius 2 is 1.84 bits per heavy atom. The summed E-state index contributed by atoms with van der Waals surface area (Å²) in [4.78, 5) is 4.58. The molecule has 0 aliphatic heterocycles. The number of hydrogen-bond acceptors (Lipinski definition) is 4. The molecule has 0 saturated heterocycles. The van der Waals surface area contributed by atoms with Gasteiger partial charge in [0, 0.05) is 7.11 Å². The molecule has 1 aromatic heterocycles. The van der Waals surface area contributed by atoms with Crippen LogP contribution in [0.4, 0.5) is 0 Å². The van der Waals surface area contributed by atoms with E-state index in [0.29, 0.717) is 13.2 Å². The standard InChI is InChI=1S/C20H24N2O3/c1-14-8-15(2)10-17(9-14)25-12-16(23)11-22-19-7-5-4-6-18(19)21-20(22)13-24-3/h4-10,16,23H,11-13H2,1-3H3. The number of aliphatic hydroxyl groups excluding tert-OH is 1.